The van der Waals surface area contributed by atoms with Gasteiger partial charge in [-0.25, -0.2) is 14.4 Å². The average molecular weight is 425 g/mol. The van der Waals surface area contributed by atoms with Gasteiger partial charge >= 0.3 is 17.6 Å². The molecule has 1 N–H and O–H groups in total. The zero-order valence-corrected chi connectivity index (χ0v) is 18.7. The van der Waals surface area contributed by atoms with E-state index in [-0.39, 0.29) is 24.8 Å². The molecular formula is C24H27NO6. The van der Waals surface area contributed by atoms with Crippen LogP contribution in [0.1, 0.15) is 75.5 Å². The molecule has 0 radical (unpaired) electrons. The normalized spacial score (nSPS) is 11.2. The molecule has 0 aliphatic rings. The van der Waals surface area contributed by atoms with Crippen molar-refractivity contribution in [3.63, 3.8) is 0 Å². The van der Waals surface area contributed by atoms with Crippen molar-refractivity contribution in [2.24, 2.45) is 0 Å². The van der Waals surface area contributed by atoms with Gasteiger partial charge in [-0.1, -0.05) is 13.8 Å². The van der Waals surface area contributed by atoms with Crippen LogP contribution in [0.3, 0.4) is 0 Å². The first-order valence-electron chi connectivity index (χ1n) is 10.2. The molecule has 0 aliphatic heterocycles. The van der Waals surface area contributed by atoms with Crippen LogP contribution in [0.25, 0.3) is 11.0 Å². The summed E-state index contributed by atoms with van der Waals surface area (Å²) in [7, 11) is 0. The molecule has 3 rings (SSSR count). The fraction of sp³-hybridized carbons (Fsp3) is 0.375. The van der Waals surface area contributed by atoms with Crippen molar-refractivity contribution in [3.05, 3.63) is 67.8 Å². The van der Waals surface area contributed by atoms with E-state index in [0.29, 0.717) is 28.0 Å². The van der Waals surface area contributed by atoms with Crippen LogP contribution in [0.15, 0.2) is 27.4 Å². The minimum Gasteiger partial charge on any atom is -0.462 e. The predicted molar refractivity (Wildman–Crippen MR) is 117 cm³/mol. The molecule has 2 aromatic heterocycles. The van der Waals surface area contributed by atoms with Crippen molar-refractivity contribution >= 4 is 22.9 Å². The molecule has 2 heterocycles. The average Bonchev–Trinajstić information content (AvgIpc) is 2.99. The summed E-state index contributed by atoms with van der Waals surface area (Å²) in [6, 6.07) is 5.15. The lowest BCUT2D eigenvalue weighted by molar-refractivity contribution is 0.0466. The third kappa shape index (κ3) is 4.40. The number of H-pyrrole nitrogens is 1. The minimum absolute atomic E-state index is 0.103. The van der Waals surface area contributed by atoms with Gasteiger partial charge < -0.3 is 18.9 Å². The zero-order chi connectivity index (χ0) is 22.9. The van der Waals surface area contributed by atoms with Crippen LogP contribution in [0, 0.1) is 20.8 Å². The molecule has 0 fully saturated rings. The number of ether oxygens (including phenoxy) is 2. The minimum atomic E-state index is -0.617. The van der Waals surface area contributed by atoms with Gasteiger partial charge in [0.2, 0.25) is 0 Å². The number of rotatable bonds is 6. The number of nitrogens with one attached hydrogen (secondary N) is 1. The Morgan fingerprint density at radius 3 is 2.42 bits per heavy atom. The number of aromatic amines is 1. The Morgan fingerprint density at radius 2 is 1.77 bits per heavy atom. The van der Waals surface area contributed by atoms with E-state index in [0.717, 1.165) is 16.5 Å². The highest BCUT2D eigenvalue weighted by atomic mass is 16.5. The number of carbonyl (C=O) groups excluding carboxylic acids is 2. The van der Waals surface area contributed by atoms with Crippen LogP contribution in [0.5, 0.6) is 0 Å². The largest absolute Gasteiger partial charge is 0.462 e. The van der Waals surface area contributed by atoms with Crippen LogP contribution in [-0.2, 0) is 16.1 Å². The summed E-state index contributed by atoms with van der Waals surface area (Å²) in [5.74, 6) is -0.817. The quantitative estimate of drug-likeness (QED) is 0.454. The van der Waals surface area contributed by atoms with Gasteiger partial charge in [-0.2, -0.15) is 0 Å². The predicted octanol–water partition coefficient (Wildman–Crippen LogP) is 4.70. The third-order valence-corrected chi connectivity index (χ3v) is 5.32. The smallest absolute Gasteiger partial charge is 0.355 e. The number of hydrogen-bond donors (Lipinski definition) is 1. The fourth-order valence-corrected chi connectivity index (χ4v) is 3.81. The van der Waals surface area contributed by atoms with Crippen molar-refractivity contribution in [1.29, 1.82) is 0 Å². The van der Waals surface area contributed by atoms with Gasteiger partial charge in [-0.05, 0) is 62.4 Å². The van der Waals surface area contributed by atoms with Crippen LogP contribution < -0.4 is 5.63 Å². The van der Waals surface area contributed by atoms with E-state index in [1.165, 1.54) is 6.07 Å². The Kier molecular flexibility index (Phi) is 6.34. The van der Waals surface area contributed by atoms with Gasteiger partial charge in [0.05, 0.1) is 12.2 Å². The van der Waals surface area contributed by atoms with E-state index >= 15 is 0 Å². The van der Waals surface area contributed by atoms with E-state index in [4.69, 9.17) is 13.9 Å². The van der Waals surface area contributed by atoms with E-state index in [9.17, 15) is 14.4 Å². The first-order chi connectivity index (χ1) is 14.6. The second-order valence-corrected chi connectivity index (χ2v) is 7.87. The number of fused-ring (bicyclic) bond motifs is 1. The summed E-state index contributed by atoms with van der Waals surface area (Å²) >= 11 is 0. The standard InChI is InChI=1S/C24H27NO6/c1-7-29-23(27)21-14(5)22(25-15(21)6)24(28)30-11-16-9-20(26)31-19-8-13(4)17(12(2)3)10-18(16)19/h8-10,12,25H,7,11H2,1-6H3. The van der Waals surface area contributed by atoms with Crippen LogP contribution in [0.4, 0.5) is 0 Å². The highest BCUT2D eigenvalue weighted by Gasteiger charge is 2.24. The van der Waals surface area contributed by atoms with Crippen LogP contribution in [0.2, 0.25) is 0 Å². The molecule has 31 heavy (non-hydrogen) atoms. The summed E-state index contributed by atoms with van der Waals surface area (Å²) in [5, 5.41) is 0.730. The molecule has 1 aromatic carbocycles. The SMILES string of the molecule is CCOC(=O)c1c(C)[nH]c(C(=O)OCc2cc(=O)oc3cc(C)c(C(C)C)cc23)c1C. The van der Waals surface area contributed by atoms with E-state index < -0.39 is 17.6 Å². The molecular weight excluding hydrogens is 398 g/mol. The lowest BCUT2D eigenvalue weighted by Gasteiger charge is -2.13. The van der Waals surface area contributed by atoms with Gasteiger partial charge in [0.1, 0.15) is 17.9 Å². The van der Waals surface area contributed by atoms with Crippen molar-refractivity contribution < 1.29 is 23.5 Å². The second kappa shape index (κ2) is 8.79. The van der Waals surface area contributed by atoms with Crippen molar-refractivity contribution in [1.82, 2.24) is 4.98 Å². The second-order valence-electron chi connectivity index (χ2n) is 7.87. The van der Waals surface area contributed by atoms with Crippen molar-refractivity contribution in [2.75, 3.05) is 6.61 Å². The monoisotopic (exact) mass is 425 g/mol. The topological polar surface area (TPSA) is 98.6 Å². The number of aromatic nitrogens is 1. The van der Waals surface area contributed by atoms with Gasteiger partial charge in [-0.15, -0.1) is 0 Å². The third-order valence-electron chi connectivity index (χ3n) is 5.32. The Labute approximate surface area is 180 Å². The maximum absolute atomic E-state index is 12.7. The lowest BCUT2D eigenvalue weighted by Crippen LogP contribution is -2.10. The maximum Gasteiger partial charge on any atom is 0.355 e. The van der Waals surface area contributed by atoms with Gasteiger partial charge in [-0.3, -0.25) is 0 Å². The molecule has 0 amide bonds. The molecule has 0 saturated heterocycles. The number of benzene rings is 1. The molecule has 0 aliphatic carbocycles. The first kappa shape index (κ1) is 22.3. The van der Waals surface area contributed by atoms with E-state index in [1.54, 1.807) is 20.8 Å². The van der Waals surface area contributed by atoms with Gasteiger partial charge in [0.25, 0.3) is 0 Å². The highest BCUT2D eigenvalue weighted by Crippen LogP contribution is 2.27. The fourth-order valence-electron chi connectivity index (χ4n) is 3.81. The van der Waals surface area contributed by atoms with Gasteiger partial charge in [0, 0.05) is 22.7 Å². The van der Waals surface area contributed by atoms with E-state index in [2.05, 4.69) is 18.8 Å². The number of hydrogen-bond acceptors (Lipinski definition) is 6. The summed E-state index contributed by atoms with van der Waals surface area (Å²) < 4.78 is 15.9. The lowest BCUT2D eigenvalue weighted by atomic mass is 9.95. The summed E-state index contributed by atoms with van der Waals surface area (Å²) in [4.78, 5) is 39.8. The number of esters is 2. The first-order valence-corrected chi connectivity index (χ1v) is 10.2. The Hall–Kier alpha value is -3.35. The summed E-state index contributed by atoms with van der Waals surface area (Å²) in [5.41, 5.74) is 4.19. The molecule has 7 heteroatoms. The zero-order valence-electron chi connectivity index (χ0n) is 18.7. The molecule has 0 saturated carbocycles. The Morgan fingerprint density at radius 1 is 1.06 bits per heavy atom. The van der Waals surface area contributed by atoms with Crippen molar-refractivity contribution in [3.8, 4) is 0 Å². The number of carbonyl (C=O) groups is 2. The molecule has 7 nitrogen and oxygen atoms in total. The molecule has 3 aromatic rings. The van der Waals surface area contributed by atoms with E-state index in [1.807, 2.05) is 19.1 Å². The van der Waals surface area contributed by atoms with Crippen molar-refractivity contribution in [2.45, 2.75) is 54.1 Å². The molecule has 0 unspecified atom stereocenters. The van der Waals surface area contributed by atoms with Crippen LogP contribution >= 0.6 is 0 Å². The van der Waals surface area contributed by atoms with Crippen LogP contribution in [-0.4, -0.2) is 23.5 Å². The van der Waals surface area contributed by atoms with Gasteiger partial charge in [0.15, 0.2) is 0 Å². The maximum atomic E-state index is 12.7. The molecule has 0 atom stereocenters. The summed E-state index contributed by atoms with van der Waals surface area (Å²) in [6.45, 7) is 11.4. The molecule has 0 bridgehead atoms. The Balaban J connectivity index is 1.92. The summed E-state index contributed by atoms with van der Waals surface area (Å²) in [6.07, 6.45) is 0. The number of aryl methyl sites for hydroxylation is 2. The highest BCUT2D eigenvalue weighted by molar-refractivity contribution is 5.98. The molecule has 0 spiro atoms. The Bertz CT molecular complexity index is 1220. The molecule has 164 valence electrons.